The first-order valence-corrected chi connectivity index (χ1v) is 9.63. The van der Waals surface area contributed by atoms with Crippen molar-refractivity contribution in [1.29, 1.82) is 0 Å². The molecule has 0 bridgehead atoms. The van der Waals surface area contributed by atoms with Crippen LogP contribution in [0.25, 0.3) is 11.0 Å². The SMILES string of the molecule is Cc1n[nH]c(C)c1CNC(=O)n1c(=O)n(CC2CCOCC2)c2ccccc21. The summed E-state index contributed by atoms with van der Waals surface area (Å²) in [6.07, 6.45) is 1.86. The number of amides is 1. The van der Waals surface area contributed by atoms with Crippen LogP contribution in [-0.4, -0.2) is 38.6 Å². The van der Waals surface area contributed by atoms with Crippen molar-refractivity contribution in [3.05, 3.63) is 51.7 Å². The summed E-state index contributed by atoms with van der Waals surface area (Å²) in [5, 5.41) is 9.91. The van der Waals surface area contributed by atoms with Gasteiger partial charge in [0.2, 0.25) is 0 Å². The zero-order valence-electron chi connectivity index (χ0n) is 16.2. The van der Waals surface area contributed by atoms with Crippen molar-refractivity contribution in [2.24, 2.45) is 5.92 Å². The fourth-order valence-corrected chi connectivity index (χ4v) is 3.85. The lowest BCUT2D eigenvalue weighted by Gasteiger charge is -2.22. The molecule has 0 aliphatic carbocycles. The second-order valence-corrected chi connectivity index (χ2v) is 7.34. The Morgan fingerprint density at radius 2 is 1.96 bits per heavy atom. The van der Waals surface area contributed by atoms with Gasteiger partial charge in [0.25, 0.3) is 0 Å². The molecule has 1 saturated heterocycles. The molecule has 0 atom stereocenters. The van der Waals surface area contributed by atoms with Gasteiger partial charge in [-0.1, -0.05) is 12.1 Å². The Balaban J connectivity index is 1.64. The molecule has 8 heteroatoms. The van der Waals surface area contributed by atoms with Gasteiger partial charge in [-0.25, -0.2) is 14.2 Å². The highest BCUT2D eigenvalue weighted by Gasteiger charge is 2.22. The summed E-state index contributed by atoms with van der Waals surface area (Å²) in [4.78, 5) is 26.0. The van der Waals surface area contributed by atoms with Gasteiger partial charge in [0.15, 0.2) is 0 Å². The van der Waals surface area contributed by atoms with Gasteiger partial charge in [0.05, 0.1) is 16.7 Å². The fraction of sp³-hybridized carbons (Fsp3) is 0.450. The molecule has 3 heterocycles. The smallest absolute Gasteiger partial charge is 0.337 e. The molecule has 0 spiro atoms. The van der Waals surface area contributed by atoms with Gasteiger partial charge in [0, 0.05) is 37.6 Å². The number of carbonyl (C=O) groups is 1. The van der Waals surface area contributed by atoms with Crippen LogP contribution in [0.5, 0.6) is 0 Å². The van der Waals surface area contributed by atoms with E-state index in [1.807, 2.05) is 38.1 Å². The van der Waals surface area contributed by atoms with E-state index in [1.165, 1.54) is 4.57 Å². The van der Waals surface area contributed by atoms with Crippen LogP contribution in [-0.2, 0) is 17.8 Å². The summed E-state index contributed by atoms with van der Waals surface area (Å²) in [5.41, 5.74) is 3.79. The standard InChI is InChI=1S/C20H25N5O3/c1-13-16(14(2)23-22-13)11-21-19(26)25-18-6-4-3-5-17(18)24(20(25)27)12-15-7-9-28-10-8-15/h3-6,15H,7-12H2,1-2H3,(H,21,26)(H,22,23). The Morgan fingerprint density at radius 1 is 1.25 bits per heavy atom. The number of nitrogens with one attached hydrogen (secondary N) is 2. The second-order valence-electron chi connectivity index (χ2n) is 7.34. The molecule has 0 unspecified atom stereocenters. The van der Waals surface area contributed by atoms with E-state index in [1.54, 1.807) is 4.57 Å². The van der Waals surface area contributed by atoms with Crippen LogP contribution in [0.3, 0.4) is 0 Å². The minimum atomic E-state index is -0.424. The van der Waals surface area contributed by atoms with Crippen molar-refractivity contribution in [3.8, 4) is 0 Å². The van der Waals surface area contributed by atoms with E-state index < -0.39 is 6.03 Å². The summed E-state index contributed by atoms with van der Waals surface area (Å²) in [6.45, 7) is 6.16. The van der Waals surface area contributed by atoms with E-state index in [4.69, 9.17) is 4.74 Å². The first-order valence-electron chi connectivity index (χ1n) is 9.63. The second kappa shape index (κ2) is 7.63. The Labute approximate surface area is 162 Å². The Kier molecular flexibility index (Phi) is 5.04. The number of hydrogen-bond acceptors (Lipinski definition) is 4. The Hall–Kier alpha value is -2.87. The molecule has 28 heavy (non-hydrogen) atoms. The van der Waals surface area contributed by atoms with E-state index in [9.17, 15) is 9.59 Å². The van der Waals surface area contributed by atoms with E-state index >= 15 is 0 Å². The highest BCUT2D eigenvalue weighted by atomic mass is 16.5. The molecule has 1 fully saturated rings. The number of fused-ring (bicyclic) bond motifs is 1. The summed E-state index contributed by atoms with van der Waals surface area (Å²) in [6, 6.07) is 7.01. The Bertz CT molecular complexity index is 1040. The number of aryl methyl sites for hydroxylation is 2. The number of ether oxygens (including phenoxy) is 1. The summed E-state index contributed by atoms with van der Waals surface area (Å²) in [5.74, 6) is 0.380. The summed E-state index contributed by atoms with van der Waals surface area (Å²) in [7, 11) is 0. The highest BCUT2D eigenvalue weighted by Crippen LogP contribution is 2.20. The molecule has 8 nitrogen and oxygen atoms in total. The number of H-pyrrole nitrogens is 1. The highest BCUT2D eigenvalue weighted by molar-refractivity contribution is 5.89. The molecular weight excluding hydrogens is 358 g/mol. The minimum Gasteiger partial charge on any atom is -0.381 e. The number of aromatic amines is 1. The van der Waals surface area contributed by atoms with Gasteiger partial charge in [-0.05, 0) is 44.7 Å². The third kappa shape index (κ3) is 3.35. The molecule has 1 amide bonds. The van der Waals surface area contributed by atoms with Crippen LogP contribution in [0.15, 0.2) is 29.1 Å². The maximum atomic E-state index is 13.1. The van der Waals surface area contributed by atoms with E-state index in [0.717, 1.165) is 48.5 Å². The van der Waals surface area contributed by atoms with Crippen LogP contribution >= 0.6 is 0 Å². The number of benzene rings is 1. The Morgan fingerprint density at radius 3 is 2.64 bits per heavy atom. The quantitative estimate of drug-likeness (QED) is 0.723. The van der Waals surface area contributed by atoms with Crippen LogP contribution in [0.4, 0.5) is 4.79 Å². The maximum Gasteiger partial charge on any atom is 0.337 e. The first-order chi connectivity index (χ1) is 13.6. The lowest BCUT2D eigenvalue weighted by Crippen LogP contribution is -2.37. The number of hydrogen-bond donors (Lipinski definition) is 2. The molecule has 2 aromatic heterocycles. The van der Waals surface area contributed by atoms with Crippen molar-refractivity contribution in [2.45, 2.75) is 39.8 Å². The predicted molar refractivity (Wildman–Crippen MR) is 105 cm³/mol. The van der Waals surface area contributed by atoms with Crippen molar-refractivity contribution >= 4 is 17.1 Å². The number of rotatable bonds is 4. The third-order valence-corrected chi connectivity index (χ3v) is 5.52. The van der Waals surface area contributed by atoms with Gasteiger partial charge >= 0.3 is 11.7 Å². The number of carbonyl (C=O) groups excluding carboxylic acids is 1. The molecule has 0 radical (unpaired) electrons. The van der Waals surface area contributed by atoms with Crippen molar-refractivity contribution in [3.63, 3.8) is 0 Å². The molecule has 1 aliphatic heterocycles. The summed E-state index contributed by atoms with van der Waals surface area (Å²) >= 11 is 0. The minimum absolute atomic E-state index is 0.300. The van der Waals surface area contributed by atoms with Crippen molar-refractivity contribution in [1.82, 2.24) is 24.6 Å². The molecule has 2 N–H and O–H groups in total. The molecule has 4 rings (SSSR count). The van der Waals surface area contributed by atoms with Gasteiger partial charge in [-0.2, -0.15) is 5.10 Å². The van der Waals surface area contributed by atoms with Crippen LogP contribution in [0, 0.1) is 19.8 Å². The van der Waals surface area contributed by atoms with E-state index in [-0.39, 0.29) is 5.69 Å². The summed E-state index contributed by atoms with van der Waals surface area (Å²) < 4.78 is 8.38. The first kappa shape index (κ1) is 18.5. The molecule has 148 valence electrons. The van der Waals surface area contributed by atoms with Crippen LogP contribution in [0.1, 0.15) is 29.8 Å². The average molecular weight is 383 g/mol. The number of nitrogens with zero attached hydrogens (tertiary/aromatic N) is 3. The largest absolute Gasteiger partial charge is 0.381 e. The van der Waals surface area contributed by atoms with Crippen molar-refractivity contribution < 1.29 is 9.53 Å². The average Bonchev–Trinajstić information content (AvgIpc) is 3.17. The topological polar surface area (TPSA) is 93.9 Å². The predicted octanol–water partition coefficient (Wildman–Crippen LogP) is 2.33. The monoisotopic (exact) mass is 383 g/mol. The number of imidazole rings is 1. The zero-order valence-corrected chi connectivity index (χ0v) is 16.2. The molecule has 3 aromatic rings. The fourth-order valence-electron chi connectivity index (χ4n) is 3.85. The molecule has 1 aliphatic rings. The van der Waals surface area contributed by atoms with Gasteiger partial charge < -0.3 is 10.1 Å². The number of para-hydroxylation sites is 2. The lowest BCUT2D eigenvalue weighted by atomic mass is 10.0. The van der Waals surface area contributed by atoms with E-state index in [0.29, 0.717) is 24.5 Å². The normalized spacial score (nSPS) is 15.2. The maximum absolute atomic E-state index is 13.1. The molecular formula is C20H25N5O3. The lowest BCUT2D eigenvalue weighted by molar-refractivity contribution is 0.0613. The van der Waals surface area contributed by atoms with E-state index in [2.05, 4.69) is 15.5 Å². The number of aromatic nitrogens is 4. The third-order valence-electron chi connectivity index (χ3n) is 5.52. The van der Waals surface area contributed by atoms with Gasteiger partial charge in [-0.15, -0.1) is 0 Å². The van der Waals surface area contributed by atoms with Crippen LogP contribution in [0.2, 0.25) is 0 Å². The van der Waals surface area contributed by atoms with Gasteiger partial charge in [0.1, 0.15) is 0 Å². The molecule has 0 saturated carbocycles. The zero-order chi connectivity index (χ0) is 19.7. The molecule has 1 aromatic carbocycles. The van der Waals surface area contributed by atoms with Crippen LogP contribution < -0.4 is 11.0 Å². The van der Waals surface area contributed by atoms with Gasteiger partial charge in [-0.3, -0.25) is 9.67 Å². The van der Waals surface area contributed by atoms with Crippen molar-refractivity contribution in [2.75, 3.05) is 13.2 Å².